The van der Waals surface area contributed by atoms with Gasteiger partial charge in [0.2, 0.25) is 0 Å². The van der Waals surface area contributed by atoms with Crippen molar-refractivity contribution in [2.45, 2.75) is 27.2 Å². The van der Waals surface area contributed by atoms with Crippen LogP contribution in [0.25, 0.3) is 0 Å². The van der Waals surface area contributed by atoms with Gasteiger partial charge in [-0.05, 0) is 38.8 Å². The number of phenols is 1. The van der Waals surface area contributed by atoms with Gasteiger partial charge in [-0.3, -0.25) is 0 Å². The van der Waals surface area contributed by atoms with Gasteiger partial charge in [0.05, 0.1) is 12.7 Å². The maximum absolute atomic E-state index is 11.6. The molecule has 0 fully saturated rings. The van der Waals surface area contributed by atoms with Crippen LogP contribution in [0.5, 0.6) is 5.75 Å². The lowest BCUT2D eigenvalue weighted by atomic mass is 9.97. The van der Waals surface area contributed by atoms with E-state index < -0.39 is 5.97 Å². The second-order valence-corrected chi connectivity index (χ2v) is 4.06. The summed E-state index contributed by atoms with van der Waals surface area (Å²) in [4.78, 5) is 11.6. The number of aromatic hydroxyl groups is 1. The molecule has 3 heteroatoms. The van der Waals surface area contributed by atoms with Crippen LogP contribution in [0, 0.1) is 6.92 Å². The third-order valence-corrected chi connectivity index (χ3v) is 2.84. The topological polar surface area (TPSA) is 46.5 Å². The SMILES string of the molecule is C/C=C(\C)Cc1c(C(=O)OC)ccc(C)c1O. The summed E-state index contributed by atoms with van der Waals surface area (Å²) in [6.45, 7) is 5.70. The highest BCUT2D eigenvalue weighted by molar-refractivity contribution is 5.92. The monoisotopic (exact) mass is 234 g/mol. The maximum Gasteiger partial charge on any atom is 0.338 e. The summed E-state index contributed by atoms with van der Waals surface area (Å²) in [5.74, 6) is -0.242. The standard InChI is InChI=1S/C14H18O3/c1-5-9(2)8-12-11(14(16)17-4)7-6-10(3)13(12)15/h5-7,15H,8H2,1-4H3/b9-5+. The van der Waals surface area contributed by atoms with Gasteiger partial charge in [-0.15, -0.1) is 0 Å². The number of phenolic OH excluding ortho intramolecular Hbond substituents is 1. The van der Waals surface area contributed by atoms with Crippen LogP contribution in [0.1, 0.15) is 35.3 Å². The van der Waals surface area contributed by atoms with Crippen LogP contribution in [0.4, 0.5) is 0 Å². The number of carbonyl (C=O) groups is 1. The molecule has 1 aromatic rings. The summed E-state index contributed by atoms with van der Waals surface area (Å²) >= 11 is 0. The zero-order valence-electron chi connectivity index (χ0n) is 10.7. The van der Waals surface area contributed by atoms with Crippen molar-refractivity contribution in [3.8, 4) is 5.75 Å². The fourth-order valence-corrected chi connectivity index (χ4v) is 1.61. The molecule has 0 aromatic heterocycles. The third-order valence-electron chi connectivity index (χ3n) is 2.84. The molecular formula is C14H18O3. The average molecular weight is 234 g/mol. The molecule has 0 saturated carbocycles. The van der Waals surface area contributed by atoms with E-state index in [1.807, 2.05) is 26.8 Å². The average Bonchev–Trinajstić information content (AvgIpc) is 2.34. The first-order chi connectivity index (χ1) is 8.01. The van der Waals surface area contributed by atoms with Gasteiger partial charge >= 0.3 is 5.97 Å². The quantitative estimate of drug-likeness (QED) is 0.646. The molecule has 0 atom stereocenters. The lowest BCUT2D eigenvalue weighted by Crippen LogP contribution is -2.07. The Morgan fingerprint density at radius 1 is 1.47 bits per heavy atom. The Balaban J connectivity index is 3.31. The van der Waals surface area contributed by atoms with Crippen molar-refractivity contribution in [2.75, 3.05) is 7.11 Å². The molecule has 0 radical (unpaired) electrons. The molecule has 0 aliphatic carbocycles. The van der Waals surface area contributed by atoms with Crippen molar-refractivity contribution < 1.29 is 14.6 Å². The van der Waals surface area contributed by atoms with Crippen LogP contribution in [0.15, 0.2) is 23.8 Å². The number of aryl methyl sites for hydroxylation is 1. The normalized spacial score (nSPS) is 11.4. The van der Waals surface area contributed by atoms with E-state index in [1.54, 1.807) is 12.1 Å². The Morgan fingerprint density at radius 3 is 2.65 bits per heavy atom. The van der Waals surface area contributed by atoms with Gasteiger partial charge in [0, 0.05) is 5.56 Å². The number of benzene rings is 1. The first-order valence-corrected chi connectivity index (χ1v) is 5.52. The lowest BCUT2D eigenvalue weighted by Gasteiger charge is -2.12. The summed E-state index contributed by atoms with van der Waals surface area (Å²) in [7, 11) is 1.34. The number of allylic oxidation sites excluding steroid dienone is 2. The molecule has 17 heavy (non-hydrogen) atoms. The predicted octanol–water partition coefficient (Wildman–Crippen LogP) is 3.00. The van der Waals surface area contributed by atoms with Gasteiger partial charge in [0.25, 0.3) is 0 Å². The van der Waals surface area contributed by atoms with Crippen LogP contribution in [-0.2, 0) is 11.2 Å². The fraction of sp³-hybridized carbons (Fsp3) is 0.357. The molecule has 3 nitrogen and oxygen atoms in total. The van der Waals surface area contributed by atoms with Crippen molar-refractivity contribution in [1.29, 1.82) is 0 Å². The van der Waals surface area contributed by atoms with E-state index in [1.165, 1.54) is 7.11 Å². The van der Waals surface area contributed by atoms with Crippen LogP contribution in [-0.4, -0.2) is 18.2 Å². The molecule has 1 rings (SSSR count). The molecule has 0 saturated heterocycles. The number of methoxy groups -OCH3 is 1. The van der Waals surface area contributed by atoms with Gasteiger partial charge in [-0.25, -0.2) is 4.79 Å². The number of carbonyl (C=O) groups excluding carboxylic acids is 1. The Labute approximate surface area is 102 Å². The van der Waals surface area contributed by atoms with Gasteiger partial charge in [0.15, 0.2) is 0 Å². The van der Waals surface area contributed by atoms with Crippen molar-refractivity contribution >= 4 is 5.97 Å². The second-order valence-electron chi connectivity index (χ2n) is 4.06. The molecular weight excluding hydrogens is 216 g/mol. The molecule has 0 aliphatic heterocycles. The van der Waals surface area contributed by atoms with Gasteiger partial charge in [-0.2, -0.15) is 0 Å². The molecule has 0 aliphatic rings. The van der Waals surface area contributed by atoms with E-state index in [2.05, 4.69) is 0 Å². The zero-order chi connectivity index (χ0) is 13.0. The molecule has 0 spiro atoms. The van der Waals surface area contributed by atoms with E-state index in [0.717, 1.165) is 11.1 Å². The minimum absolute atomic E-state index is 0.175. The van der Waals surface area contributed by atoms with Crippen LogP contribution >= 0.6 is 0 Å². The van der Waals surface area contributed by atoms with Crippen molar-refractivity contribution in [3.05, 3.63) is 40.5 Å². The van der Waals surface area contributed by atoms with E-state index >= 15 is 0 Å². The van der Waals surface area contributed by atoms with E-state index in [-0.39, 0.29) is 5.75 Å². The highest BCUT2D eigenvalue weighted by Crippen LogP contribution is 2.28. The highest BCUT2D eigenvalue weighted by Gasteiger charge is 2.16. The number of hydrogen-bond acceptors (Lipinski definition) is 3. The number of hydrogen-bond donors (Lipinski definition) is 1. The van der Waals surface area contributed by atoms with E-state index in [9.17, 15) is 9.90 Å². The lowest BCUT2D eigenvalue weighted by molar-refractivity contribution is 0.0599. The second kappa shape index (κ2) is 5.53. The highest BCUT2D eigenvalue weighted by atomic mass is 16.5. The summed E-state index contributed by atoms with van der Waals surface area (Å²) in [5, 5.41) is 10.0. The Hall–Kier alpha value is -1.77. The summed E-state index contributed by atoms with van der Waals surface area (Å²) in [6, 6.07) is 3.41. The Kier molecular flexibility index (Phi) is 4.32. The van der Waals surface area contributed by atoms with E-state index in [4.69, 9.17) is 4.74 Å². The van der Waals surface area contributed by atoms with Crippen molar-refractivity contribution in [3.63, 3.8) is 0 Å². The smallest absolute Gasteiger partial charge is 0.338 e. The summed E-state index contributed by atoms with van der Waals surface area (Å²) in [5.41, 5.74) is 2.91. The molecule has 92 valence electrons. The Bertz CT molecular complexity index is 459. The minimum atomic E-state index is -0.417. The first kappa shape index (κ1) is 13.3. The molecule has 0 unspecified atom stereocenters. The van der Waals surface area contributed by atoms with Crippen LogP contribution in [0.2, 0.25) is 0 Å². The van der Waals surface area contributed by atoms with Gasteiger partial charge in [-0.1, -0.05) is 17.7 Å². The maximum atomic E-state index is 11.6. The van der Waals surface area contributed by atoms with Gasteiger partial charge in [0.1, 0.15) is 5.75 Å². The van der Waals surface area contributed by atoms with Gasteiger partial charge < -0.3 is 9.84 Å². The molecule has 0 heterocycles. The van der Waals surface area contributed by atoms with Crippen LogP contribution in [0.3, 0.4) is 0 Å². The largest absolute Gasteiger partial charge is 0.507 e. The summed E-state index contributed by atoms with van der Waals surface area (Å²) < 4.78 is 4.72. The van der Waals surface area contributed by atoms with Crippen LogP contribution < -0.4 is 0 Å². The van der Waals surface area contributed by atoms with Crippen molar-refractivity contribution in [1.82, 2.24) is 0 Å². The molecule has 0 bridgehead atoms. The number of ether oxygens (including phenoxy) is 1. The summed E-state index contributed by atoms with van der Waals surface area (Å²) in [6.07, 6.45) is 2.51. The molecule has 1 N–H and O–H groups in total. The molecule has 0 amide bonds. The number of esters is 1. The minimum Gasteiger partial charge on any atom is -0.507 e. The third kappa shape index (κ3) is 2.87. The van der Waals surface area contributed by atoms with E-state index in [0.29, 0.717) is 17.5 Å². The zero-order valence-corrected chi connectivity index (χ0v) is 10.7. The molecule has 1 aromatic carbocycles. The predicted molar refractivity (Wildman–Crippen MR) is 67.3 cm³/mol. The number of rotatable bonds is 3. The Morgan fingerprint density at radius 2 is 2.12 bits per heavy atom. The fourth-order valence-electron chi connectivity index (χ4n) is 1.61. The van der Waals surface area contributed by atoms with Crippen molar-refractivity contribution in [2.24, 2.45) is 0 Å². The first-order valence-electron chi connectivity index (χ1n) is 5.52.